The summed E-state index contributed by atoms with van der Waals surface area (Å²) in [6.07, 6.45) is 12.7. The molecule has 1 aromatic carbocycles. The number of hydrogen-bond donors (Lipinski definition) is 1. The fraction of sp³-hybridized carbons (Fsp3) is 0.769. The van der Waals surface area contributed by atoms with Crippen LogP contribution in [0.15, 0.2) is 30.3 Å². The molecule has 4 nitrogen and oxygen atoms in total. The molecule has 2 rings (SSSR count). The van der Waals surface area contributed by atoms with E-state index in [-0.39, 0.29) is 0 Å². The number of unbranched alkanes of at least 4 members (excludes halogenated alkanes) is 4. The topological polar surface area (TPSA) is 33.7 Å². The quantitative estimate of drug-likeness (QED) is 0.316. The Morgan fingerprint density at radius 1 is 1.03 bits per heavy atom. The molecule has 1 aliphatic rings. The third-order valence-corrected chi connectivity index (χ3v) is 6.38. The van der Waals surface area contributed by atoms with Crippen LogP contribution < -0.4 is 5.43 Å². The molecule has 0 amide bonds. The highest BCUT2D eigenvalue weighted by molar-refractivity contribution is 5.13. The number of benzene rings is 1. The van der Waals surface area contributed by atoms with E-state index >= 15 is 0 Å². The van der Waals surface area contributed by atoms with E-state index in [0.29, 0.717) is 24.6 Å². The fourth-order valence-electron chi connectivity index (χ4n) is 4.55. The zero-order chi connectivity index (χ0) is 21.4. The Morgan fingerprint density at radius 2 is 1.83 bits per heavy atom. The van der Waals surface area contributed by atoms with Gasteiger partial charge in [0.1, 0.15) is 0 Å². The van der Waals surface area contributed by atoms with Gasteiger partial charge in [-0.1, -0.05) is 82.7 Å². The van der Waals surface area contributed by atoms with Crippen LogP contribution in [0, 0.1) is 5.92 Å². The molecule has 3 atom stereocenters. The molecule has 0 aromatic heterocycles. The van der Waals surface area contributed by atoms with Gasteiger partial charge in [-0.3, -0.25) is 5.43 Å². The Hall–Kier alpha value is -0.940. The van der Waals surface area contributed by atoms with Crippen LogP contribution in [0.3, 0.4) is 0 Å². The summed E-state index contributed by atoms with van der Waals surface area (Å²) < 4.78 is 11.7. The first-order chi connectivity index (χ1) is 14.8. The van der Waals surface area contributed by atoms with Crippen LogP contribution in [0.2, 0.25) is 0 Å². The maximum atomic E-state index is 6.24. The fourth-order valence-corrected chi connectivity index (χ4v) is 4.55. The predicted molar refractivity (Wildman–Crippen MR) is 126 cm³/mol. The van der Waals surface area contributed by atoms with Crippen LogP contribution in [0.25, 0.3) is 0 Å². The van der Waals surface area contributed by atoms with Crippen LogP contribution in [0.4, 0.5) is 0 Å². The lowest BCUT2D eigenvalue weighted by Gasteiger charge is -2.35. The van der Waals surface area contributed by atoms with Gasteiger partial charge in [-0.2, -0.15) is 0 Å². The Bertz CT molecular complexity index is 525. The predicted octanol–water partition coefficient (Wildman–Crippen LogP) is 5.96. The summed E-state index contributed by atoms with van der Waals surface area (Å²) in [6.45, 7) is 8.08. The first-order valence-corrected chi connectivity index (χ1v) is 12.4. The van der Waals surface area contributed by atoms with Gasteiger partial charge in [-0.25, -0.2) is 5.01 Å². The van der Waals surface area contributed by atoms with Gasteiger partial charge in [-0.05, 0) is 37.2 Å². The summed E-state index contributed by atoms with van der Waals surface area (Å²) in [5.74, 6) is 0.555. The third-order valence-electron chi connectivity index (χ3n) is 6.38. The number of hydrazine groups is 1. The maximum Gasteiger partial charge on any atom is 0.0717 e. The molecule has 0 aliphatic carbocycles. The Balaban J connectivity index is 1.97. The summed E-state index contributed by atoms with van der Waals surface area (Å²) in [4.78, 5) is 0. The van der Waals surface area contributed by atoms with Crippen molar-refractivity contribution in [2.45, 2.75) is 96.7 Å². The third kappa shape index (κ3) is 9.47. The normalized spacial score (nSPS) is 19.2. The van der Waals surface area contributed by atoms with Gasteiger partial charge in [0.05, 0.1) is 19.8 Å². The molecule has 1 aliphatic heterocycles. The van der Waals surface area contributed by atoms with Crippen LogP contribution >= 0.6 is 0 Å². The average molecular weight is 419 g/mol. The molecule has 0 unspecified atom stereocenters. The van der Waals surface area contributed by atoms with E-state index in [9.17, 15) is 0 Å². The van der Waals surface area contributed by atoms with Crippen molar-refractivity contribution in [1.29, 1.82) is 0 Å². The van der Waals surface area contributed by atoms with Crippen molar-refractivity contribution in [3.8, 4) is 0 Å². The molecule has 1 heterocycles. The Kier molecular flexibility index (Phi) is 13.3. The summed E-state index contributed by atoms with van der Waals surface area (Å²) >= 11 is 0. The van der Waals surface area contributed by atoms with E-state index in [0.717, 1.165) is 19.8 Å². The Morgan fingerprint density at radius 3 is 2.57 bits per heavy atom. The number of nitrogens with zero attached hydrogens (tertiary/aromatic N) is 1. The van der Waals surface area contributed by atoms with Crippen molar-refractivity contribution >= 4 is 0 Å². The van der Waals surface area contributed by atoms with Crippen molar-refractivity contribution in [2.75, 3.05) is 26.9 Å². The number of methoxy groups -OCH3 is 1. The van der Waals surface area contributed by atoms with Gasteiger partial charge in [0.25, 0.3) is 0 Å². The molecule has 0 saturated carbocycles. The number of nitrogens with one attached hydrogen (secondary N) is 1. The standard InChI is InChI=1S/C26H46N2O2/c1-4-6-8-12-18-26(27-28-19-13-17-25(28)22-29-3)24(16-7-5-2)21-30-20-23-14-10-9-11-15-23/h9-11,14-15,24-27H,4-8,12-13,16-22H2,1-3H3/t24-,25-,26+/m0/s1. The monoisotopic (exact) mass is 418 g/mol. The first kappa shape index (κ1) is 25.3. The van der Waals surface area contributed by atoms with Crippen molar-refractivity contribution in [3.63, 3.8) is 0 Å². The van der Waals surface area contributed by atoms with E-state index in [4.69, 9.17) is 9.47 Å². The van der Waals surface area contributed by atoms with Gasteiger partial charge in [0.15, 0.2) is 0 Å². The molecule has 0 bridgehead atoms. The molecular weight excluding hydrogens is 372 g/mol. The first-order valence-electron chi connectivity index (χ1n) is 12.4. The number of rotatable bonds is 17. The lowest BCUT2D eigenvalue weighted by Crippen LogP contribution is -2.52. The summed E-state index contributed by atoms with van der Waals surface area (Å²) in [5.41, 5.74) is 5.22. The van der Waals surface area contributed by atoms with Crippen LogP contribution in [0.5, 0.6) is 0 Å². The van der Waals surface area contributed by atoms with Gasteiger partial charge >= 0.3 is 0 Å². The Labute approximate surface area is 185 Å². The molecule has 172 valence electrons. The highest BCUT2D eigenvalue weighted by Gasteiger charge is 2.29. The molecule has 0 radical (unpaired) electrons. The summed E-state index contributed by atoms with van der Waals surface area (Å²) in [7, 11) is 1.82. The smallest absolute Gasteiger partial charge is 0.0717 e. The second-order valence-electron chi connectivity index (χ2n) is 8.93. The minimum Gasteiger partial charge on any atom is -0.383 e. The largest absolute Gasteiger partial charge is 0.383 e. The van der Waals surface area contributed by atoms with Crippen LogP contribution in [-0.4, -0.2) is 44.0 Å². The van der Waals surface area contributed by atoms with Crippen molar-refractivity contribution in [3.05, 3.63) is 35.9 Å². The lowest BCUT2D eigenvalue weighted by molar-refractivity contribution is 0.0253. The summed E-state index contributed by atoms with van der Waals surface area (Å²) in [6, 6.07) is 11.5. The molecule has 4 heteroatoms. The summed E-state index contributed by atoms with van der Waals surface area (Å²) in [5, 5.41) is 2.48. The van der Waals surface area contributed by atoms with E-state index in [1.165, 1.54) is 69.8 Å². The molecular formula is C26H46N2O2. The highest BCUT2D eigenvalue weighted by Crippen LogP contribution is 2.23. The molecule has 0 spiro atoms. The van der Waals surface area contributed by atoms with Crippen LogP contribution in [0.1, 0.15) is 83.6 Å². The SMILES string of the molecule is CCCCCC[C@@H](NN1CCC[C@H]1COC)[C@@H](CCCC)COCc1ccccc1. The molecule has 1 N–H and O–H groups in total. The molecule has 30 heavy (non-hydrogen) atoms. The number of hydrogen-bond acceptors (Lipinski definition) is 4. The van der Waals surface area contributed by atoms with E-state index in [1.807, 2.05) is 7.11 Å². The van der Waals surface area contributed by atoms with Gasteiger partial charge < -0.3 is 9.47 Å². The van der Waals surface area contributed by atoms with Crippen LogP contribution in [-0.2, 0) is 16.1 Å². The molecule has 1 fully saturated rings. The van der Waals surface area contributed by atoms with Gasteiger partial charge in [0.2, 0.25) is 0 Å². The van der Waals surface area contributed by atoms with Crippen molar-refractivity contribution in [2.24, 2.45) is 5.92 Å². The van der Waals surface area contributed by atoms with Crippen molar-refractivity contribution in [1.82, 2.24) is 10.4 Å². The zero-order valence-corrected chi connectivity index (χ0v) is 19.8. The van der Waals surface area contributed by atoms with Gasteiger partial charge in [0, 0.05) is 25.7 Å². The van der Waals surface area contributed by atoms with E-state index in [1.54, 1.807) is 0 Å². The molecule has 1 saturated heterocycles. The maximum absolute atomic E-state index is 6.24. The average Bonchev–Trinajstić information content (AvgIpc) is 3.20. The van der Waals surface area contributed by atoms with E-state index < -0.39 is 0 Å². The van der Waals surface area contributed by atoms with Gasteiger partial charge in [-0.15, -0.1) is 0 Å². The van der Waals surface area contributed by atoms with E-state index in [2.05, 4.69) is 54.6 Å². The molecule has 1 aromatic rings. The van der Waals surface area contributed by atoms with Crippen molar-refractivity contribution < 1.29 is 9.47 Å². The lowest BCUT2D eigenvalue weighted by atomic mass is 9.91. The minimum absolute atomic E-state index is 0.488. The highest BCUT2D eigenvalue weighted by atomic mass is 16.5. The number of ether oxygens (including phenoxy) is 2. The minimum atomic E-state index is 0.488. The second-order valence-corrected chi connectivity index (χ2v) is 8.93. The second kappa shape index (κ2) is 15.8. The zero-order valence-electron chi connectivity index (χ0n) is 19.8.